The van der Waals surface area contributed by atoms with Crippen molar-refractivity contribution in [1.82, 2.24) is 0 Å². The number of hydrogen-bond donors (Lipinski definition) is 1. The number of benzene rings is 1. The van der Waals surface area contributed by atoms with Crippen molar-refractivity contribution in [3.8, 4) is 0 Å². The van der Waals surface area contributed by atoms with Gasteiger partial charge in [-0.3, -0.25) is 9.59 Å². The lowest BCUT2D eigenvalue weighted by atomic mass is 10.1. The minimum atomic E-state index is -0.117. The Hall–Kier alpha value is -1.64. The average Bonchev–Trinajstić information content (AvgIpc) is 2.43. The molecular weight excluding hydrogens is 190 g/mol. The zero-order chi connectivity index (χ0) is 11.0. The maximum atomic E-state index is 11.7. The quantitative estimate of drug-likeness (QED) is 0.759. The van der Waals surface area contributed by atoms with E-state index in [1.165, 1.54) is 6.92 Å². The van der Waals surface area contributed by atoms with Crippen LogP contribution in [0.3, 0.4) is 0 Å². The van der Waals surface area contributed by atoms with E-state index in [2.05, 4.69) is 5.32 Å². The molecule has 1 aliphatic rings. The van der Waals surface area contributed by atoms with Gasteiger partial charge in [-0.15, -0.1) is 0 Å². The average molecular weight is 203 g/mol. The van der Waals surface area contributed by atoms with Gasteiger partial charge in [0.25, 0.3) is 0 Å². The van der Waals surface area contributed by atoms with Crippen LogP contribution in [0.4, 0.5) is 5.69 Å². The highest BCUT2D eigenvalue weighted by Gasteiger charge is 2.26. The van der Waals surface area contributed by atoms with E-state index in [1.54, 1.807) is 6.07 Å². The number of carbonyl (C=O) groups excluding carboxylic acids is 2. The third kappa shape index (κ3) is 1.77. The number of ketones is 1. The largest absolute Gasteiger partial charge is 0.326 e. The molecule has 1 atom stereocenters. The molecular formula is C12H13NO2. The number of rotatable bonds is 1. The first-order chi connectivity index (χ1) is 7.08. The van der Waals surface area contributed by atoms with Crippen molar-refractivity contribution < 1.29 is 9.59 Å². The van der Waals surface area contributed by atoms with Crippen molar-refractivity contribution in [2.24, 2.45) is 5.92 Å². The van der Waals surface area contributed by atoms with Gasteiger partial charge in [0.15, 0.2) is 5.78 Å². The third-order valence-corrected chi connectivity index (χ3v) is 2.67. The van der Waals surface area contributed by atoms with E-state index in [9.17, 15) is 9.59 Å². The maximum absolute atomic E-state index is 11.7. The van der Waals surface area contributed by atoms with Crippen molar-refractivity contribution in [2.75, 3.05) is 5.32 Å². The fourth-order valence-electron chi connectivity index (χ4n) is 1.95. The fraction of sp³-hybridized carbons (Fsp3) is 0.333. The van der Waals surface area contributed by atoms with Gasteiger partial charge in [0, 0.05) is 24.1 Å². The van der Waals surface area contributed by atoms with Gasteiger partial charge in [0.05, 0.1) is 0 Å². The summed E-state index contributed by atoms with van der Waals surface area (Å²) < 4.78 is 0. The summed E-state index contributed by atoms with van der Waals surface area (Å²) in [6, 6.07) is 5.52. The molecule has 1 unspecified atom stereocenters. The lowest BCUT2D eigenvalue weighted by Crippen LogP contribution is -2.07. The van der Waals surface area contributed by atoms with Gasteiger partial charge >= 0.3 is 0 Å². The van der Waals surface area contributed by atoms with Crippen molar-refractivity contribution >= 4 is 17.4 Å². The summed E-state index contributed by atoms with van der Waals surface area (Å²) >= 11 is 0. The zero-order valence-electron chi connectivity index (χ0n) is 8.83. The molecule has 0 saturated carbocycles. The van der Waals surface area contributed by atoms with Gasteiger partial charge in [-0.05, 0) is 24.1 Å². The highest BCUT2D eigenvalue weighted by atomic mass is 16.1. The van der Waals surface area contributed by atoms with Gasteiger partial charge in [0.2, 0.25) is 5.91 Å². The van der Waals surface area contributed by atoms with Crippen LogP contribution in [-0.4, -0.2) is 11.7 Å². The number of hydrogen-bond acceptors (Lipinski definition) is 2. The molecule has 1 aromatic rings. The van der Waals surface area contributed by atoms with Crippen molar-refractivity contribution in [3.05, 3.63) is 29.3 Å². The monoisotopic (exact) mass is 203 g/mol. The first kappa shape index (κ1) is 9.90. The van der Waals surface area contributed by atoms with E-state index in [4.69, 9.17) is 0 Å². The van der Waals surface area contributed by atoms with Gasteiger partial charge in [-0.1, -0.05) is 13.0 Å². The number of Topliss-reactive ketones (excluding diaryl/α,β-unsaturated/α-hetero) is 1. The van der Waals surface area contributed by atoms with Gasteiger partial charge in [0.1, 0.15) is 0 Å². The molecule has 0 aliphatic heterocycles. The van der Waals surface area contributed by atoms with E-state index in [0.717, 1.165) is 17.5 Å². The summed E-state index contributed by atoms with van der Waals surface area (Å²) in [5, 5.41) is 2.68. The minimum absolute atomic E-state index is 0.0765. The molecule has 1 aliphatic carbocycles. The van der Waals surface area contributed by atoms with Crippen LogP contribution in [0.2, 0.25) is 0 Å². The minimum Gasteiger partial charge on any atom is -0.326 e. The van der Waals surface area contributed by atoms with Crippen LogP contribution in [0.1, 0.15) is 29.8 Å². The highest BCUT2D eigenvalue weighted by Crippen LogP contribution is 2.28. The molecule has 0 bridgehead atoms. The number of fused-ring (bicyclic) bond motifs is 1. The second-order valence-electron chi connectivity index (χ2n) is 4.02. The summed E-state index contributed by atoms with van der Waals surface area (Å²) in [5.41, 5.74) is 2.54. The number of carbonyl (C=O) groups is 2. The third-order valence-electron chi connectivity index (χ3n) is 2.67. The molecule has 0 saturated heterocycles. The molecule has 0 heterocycles. The standard InChI is InChI=1S/C12H13NO2/c1-7-5-9-3-4-10(13-8(2)14)6-11(9)12(7)15/h3-4,6-7H,5H2,1-2H3,(H,13,14). The normalized spacial score (nSPS) is 18.8. The second kappa shape index (κ2) is 3.50. The van der Waals surface area contributed by atoms with Crippen LogP contribution in [0.5, 0.6) is 0 Å². The van der Waals surface area contributed by atoms with Gasteiger partial charge in [-0.2, -0.15) is 0 Å². The first-order valence-corrected chi connectivity index (χ1v) is 5.02. The second-order valence-corrected chi connectivity index (χ2v) is 4.02. The van der Waals surface area contributed by atoms with Gasteiger partial charge in [-0.25, -0.2) is 0 Å². The molecule has 3 heteroatoms. The number of anilines is 1. The molecule has 78 valence electrons. The lowest BCUT2D eigenvalue weighted by Gasteiger charge is -2.03. The Morgan fingerprint density at radius 3 is 2.87 bits per heavy atom. The molecule has 1 aromatic carbocycles. The Bertz CT molecular complexity index is 437. The predicted molar refractivity (Wildman–Crippen MR) is 57.9 cm³/mol. The number of amides is 1. The molecule has 0 spiro atoms. The smallest absolute Gasteiger partial charge is 0.221 e. The molecule has 1 amide bonds. The Balaban J connectivity index is 2.35. The van der Waals surface area contributed by atoms with E-state index in [-0.39, 0.29) is 17.6 Å². The highest BCUT2D eigenvalue weighted by molar-refractivity contribution is 6.03. The zero-order valence-corrected chi connectivity index (χ0v) is 8.83. The van der Waals surface area contributed by atoms with Crippen LogP contribution < -0.4 is 5.32 Å². The molecule has 1 N–H and O–H groups in total. The van der Waals surface area contributed by atoms with Crippen molar-refractivity contribution in [3.63, 3.8) is 0 Å². The maximum Gasteiger partial charge on any atom is 0.221 e. The van der Waals surface area contributed by atoms with E-state index >= 15 is 0 Å². The van der Waals surface area contributed by atoms with Crippen LogP contribution in [0.15, 0.2) is 18.2 Å². The summed E-state index contributed by atoms with van der Waals surface area (Å²) in [7, 11) is 0. The Morgan fingerprint density at radius 2 is 2.20 bits per heavy atom. The SMILES string of the molecule is CC(=O)Nc1ccc2c(c1)C(=O)C(C)C2. The topological polar surface area (TPSA) is 46.2 Å². The van der Waals surface area contributed by atoms with E-state index in [1.807, 2.05) is 19.1 Å². The van der Waals surface area contributed by atoms with Crippen LogP contribution in [0, 0.1) is 5.92 Å². The Kier molecular flexibility index (Phi) is 2.31. The van der Waals surface area contributed by atoms with Crippen LogP contribution in [-0.2, 0) is 11.2 Å². The summed E-state index contributed by atoms with van der Waals surface area (Å²) in [4.78, 5) is 22.6. The van der Waals surface area contributed by atoms with Crippen molar-refractivity contribution in [1.29, 1.82) is 0 Å². The van der Waals surface area contributed by atoms with E-state index in [0.29, 0.717) is 5.69 Å². The molecule has 0 aromatic heterocycles. The molecule has 0 radical (unpaired) electrons. The van der Waals surface area contributed by atoms with Crippen LogP contribution in [0.25, 0.3) is 0 Å². The fourth-order valence-corrected chi connectivity index (χ4v) is 1.95. The Labute approximate surface area is 88.5 Å². The van der Waals surface area contributed by atoms with Gasteiger partial charge < -0.3 is 5.32 Å². The first-order valence-electron chi connectivity index (χ1n) is 5.02. The van der Waals surface area contributed by atoms with Crippen LogP contribution >= 0.6 is 0 Å². The molecule has 15 heavy (non-hydrogen) atoms. The molecule has 2 rings (SSSR count). The summed E-state index contributed by atoms with van der Waals surface area (Å²) in [6.07, 6.45) is 0.814. The predicted octanol–water partition coefficient (Wildman–Crippen LogP) is 2.02. The summed E-state index contributed by atoms with van der Waals surface area (Å²) in [6.45, 7) is 3.39. The molecule has 0 fully saturated rings. The summed E-state index contributed by atoms with van der Waals surface area (Å²) in [5.74, 6) is 0.137. The van der Waals surface area contributed by atoms with Crippen molar-refractivity contribution in [2.45, 2.75) is 20.3 Å². The number of nitrogens with one attached hydrogen (secondary N) is 1. The Morgan fingerprint density at radius 1 is 1.47 bits per heavy atom. The lowest BCUT2D eigenvalue weighted by molar-refractivity contribution is -0.114. The molecule has 3 nitrogen and oxygen atoms in total. The van der Waals surface area contributed by atoms with E-state index < -0.39 is 0 Å².